The molecule has 1 atom stereocenters. The molecule has 2 rings (SSSR count). The van der Waals surface area contributed by atoms with Crippen molar-refractivity contribution in [2.24, 2.45) is 4.99 Å². The van der Waals surface area contributed by atoms with Crippen molar-refractivity contribution in [3.8, 4) is 11.5 Å². The zero-order valence-electron chi connectivity index (χ0n) is 17.7. The quantitative estimate of drug-likeness (QED) is 0.220. The summed E-state index contributed by atoms with van der Waals surface area (Å²) in [6, 6.07) is 6.14. The second-order valence-electron chi connectivity index (χ2n) is 7.05. The fourth-order valence-electron chi connectivity index (χ4n) is 3.19. The zero-order valence-corrected chi connectivity index (χ0v) is 20.0. The van der Waals surface area contributed by atoms with Crippen LogP contribution in [0.4, 0.5) is 0 Å². The predicted molar refractivity (Wildman–Crippen MR) is 125 cm³/mol. The minimum atomic E-state index is -0.110. The molecule has 1 heterocycles. The maximum absolute atomic E-state index is 5.82. The smallest absolute Gasteiger partial charge is 0.191 e. The summed E-state index contributed by atoms with van der Waals surface area (Å²) >= 11 is 0. The standard InChI is InChI=1S/C21H35N3O3.HI/c1-5-22-20(24-16-21(3)12-8-14-27-21)23-13-7-9-17-10-11-18(25-4)19(15-17)26-6-2;/h10-11,15H,5-9,12-14,16H2,1-4H3,(H2,22,23,24);1H. The molecule has 1 aliphatic rings. The molecular weight excluding hydrogens is 469 g/mol. The number of nitrogens with one attached hydrogen (secondary N) is 2. The van der Waals surface area contributed by atoms with E-state index in [0.29, 0.717) is 13.2 Å². The summed E-state index contributed by atoms with van der Waals surface area (Å²) in [5.41, 5.74) is 1.14. The van der Waals surface area contributed by atoms with Gasteiger partial charge < -0.3 is 24.8 Å². The monoisotopic (exact) mass is 505 g/mol. The molecule has 28 heavy (non-hydrogen) atoms. The summed E-state index contributed by atoms with van der Waals surface area (Å²) < 4.78 is 16.8. The highest BCUT2D eigenvalue weighted by atomic mass is 127. The third kappa shape index (κ3) is 8.03. The van der Waals surface area contributed by atoms with Crippen molar-refractivity contribution >= 4 is 29.9 Å². The van der Waals surface area contributed by atoms with E-state index in [1.54, 1.807) is 7.11 Å². The van der Waals surface area contributed by atoms with Gasteiger partial charge in [0.15, 0.2) is 17.5 Å². The summed E-state index contributed by atoms with van der Waals surface area (Å²) in [6.07, 6.45) is 4.19. The minimum Gasteiger partial charge on any atom is -0.493 e. The average Bonchev–Trinajstić information content (AvgIpc) is 3.10. The Balaban J connectivity index is 0.00000392. The van der Waals surface area contributed by atoms with Gasteiger partial charge in [0.1, 0.15) is 0 Å². The Kier molecular flexibility index (Phi) is 11.6. The number of hydrogen-bond acceptors (Lipinski definition) is 4. The lowest BCUT2D eigenvalue weighted by Crippen LogP contribution is -2.39. The molecule has 0 aromatic heterocycles. The summed E-state index contributed by atoms with van der Waals surface area (Å²) in [7, 11) is 1.67. The first-order valence-corrected chi connectivity index (χ1v) is 10.1. The van der Waals surface area contributed by atoms with Crippen LogP contribution in [-0.2, 0) is 11.2 Å². The number of hydrogen-bond donors (Lipinski definition) is 2. The van der Waals surface area contributed by atoms with Gasteiger partial charge in [-0.2, -0.15) is 0 Å². The van der Waals surface area contributed by atoms with Gasteiger partial charge in [-0.1, -0.05) is 6.07 Å². The van der Waals surface area contributed by atoms with Gasteiger partial charge in [0.2, 0.25) is 0 Å². The number of aryl methyl sites for hydroxylation is 1. The second kappa shape index (κ2) is 13.1. The van der Waals surface area contributed by atoms with Crippen LogP contribution in [0.1, 0.15) is 45.6 Å². The Morgan fingerprint density at radius 1 is 1.25 bits per heavy atom. The second-order valence-corrected chi connectivity index (χ2v) is 7.05. The van der Waals surface area contributed by atoms with E-state index in [0.717, 1.165) is 62.8 Å². The highest BCUT2D eigenvalue weighted by molar-refractivity contribution is 14.0. The number of halogens is 1. The predicted octanol–water partition coefficient (Wildman–Crippen LogP) is 3.77. The number of methoxy groups -OCH3 is 1. The molecule has 6 nitrogen and oxygen atoms in total. The molecule has 0 bridgehead atoms. The SMILES string of the molecule is CCNC(=NCC1(C)CCCO1)NCCCc1ccc(OC)c(OCC)c1.I. The van der Waals surface area contributed by atoms with Crippen molar-refractivity contribution in [3.05, 3.63) is 23.8 Å². The zero-order chi connectivity index (χ0) is 19.5. The van der Waals surface area contributed by atoms with Crippen LogP contribution in [0.25, 0.3) is 0 Å². The third-order valence-electron chi connectivity index (χ3n) is 4.68. The van der Waals surface area contributed by atoms with Crippen molar-refractivity contribution in [1.29, 1.82) is 0 Å². The topological polar surface area (TPSA) is 64.1 Å². The Morgan fingerprint density at radius 3 is 2.71 bits per heavy atom. The van der Waals surface area contributed by atoms with Gasteiger partial charge in [-0.05, 0) is 64.2 Å². The molecule has 0 amide bonds. The van der Waals surface area contributed by atoms with Crippen LogP contribution in [-0.4, -0.2) is 51.5 Å². The van der Waals surface area contributed by atoms with Crippen LogP contribution < -0.4 is 20.1 Å². The van der Waals surface area contributed by atoms with E-state index in [9.17, 15) is 0 Å². The van der Waals surface area contributed by atoms with E-state index in [2.05, 4.69) is 36.6 Å². The Hall–Kier alpha value is -1.22. The van der Waals surface area contributed by atoms with Crippen LogP contribution in [0, 0.1) is 0 Å². The lowest BCUT2D eigenvalue weighted by molar-refractivity contribution is 0.0283. The molecule has 0 saturated carbocycles. The Labute approximate surface area is 186 Å². The van der Waals surface area contributed by atoms with Crippen molar-refractivity contribution in [2.75, 3.05) is 40.0 Å². The molecule has 160 valence electrons. The number of ether oxygens (including phenoxy) is 3. The first-order chi connectivity index (χ1) is 13.1. The average molecular weight is 505 g/mol. The Bertz CT molecular complexity index is 605. The summed E-state index contributed by atoms with van der Waals surface area (Å²) in [4.78, 5) is 4.71. The Morgan fingerprint density at radius 2 is 2.07 bits per heavy atom. The van der Waals surface area contributed by atoms with Gasteiger partial charge in [0.25, 0.3) is 0 Å². The van der Waals surface area contributed by atoms with E-state index >= 15 is 0 Å². The number of rotatable bonds is 10. The molecular formula is C21H36IN3O3. The van der Waals surface area contributed by atoms with Crippen LogP contribution in [0.2, 0.25) is 0 Å². The first-order valence-electron chi connectivity index (χ1n) is 10.1. The molecule has 2 N–H and O–H groups in total. The van der Waals surface area contributed by atoms with Crippen LogP contribution in [0.3, 0.4) is 0 Å². The largest absolute Gasteiger partial charge is 0.493 e. The van der Waals surface area contributed by atoms with Crippen molar-refractivity contribution in [3.63, 3.8) is 0 Å². The summed E-state index contributed by atoms with van der Waals surface area (Å²) in [6.45, 7) is 10.1. The van der Waals surface area contributed by atoms with Gasteiger partial charge in [-0.15, -0.1) is 24.0 Å². The van der Waals surface area contributed by atoms with Crippen molar-refractivity contribution < 1.29 is 14.2 Å². The van der Waals surface area contributed by atoms with E-state index in [-0.39, 0.29) is 29.6 Å². The minimum absolute atomic E-state index is 0. The van der Waals surface area contributed by atoms with E-state index < -0.39 is 0 Å². The van der Waals surface area contributed by atoms with Gasteiger partial charge in [-0.3, -0.25) is 4.99 Å². The fourth-order valence-corrected chi connectivity index (χ4v) is 3.19. The van der Waals surface area contributed by atoms with Crippen molar-refractivity contribution in [2.45, 2.75) is 52.1 Å². The maximum Gasteiger partial charge on any atom is 0.191 e. The van der Waals surface area contributed by atoms with Crippen LogP contribution in [0.5, 0.6) is 11.5 Å². The summed E-state index contributed by atoms with van der Waals surface area (Å²) in [5.74, 6) is 2.45. The fraction of sp³-hybridized carbons (Fsp3) is 0.667. The van der Waals surface area contributed by atoms with Crippen molar-refractivity contribution in [1.82, 2.24) is 10.6 Å². The molecule has 1 aliphatic heterocycles. The van der Waals surface area contributed by atoms with Gasteiger partial charge in [0.05, 0.1) is 25.9 Å². The summed E-state index contributed by atoms with van der Waals surface area (Å²) in [5, 5.41) is 6.73. The van der Waals surface area contributed by atoms with E-state index in [1.165, 1.54) is 5.56 Å². The highest BCUT2D eigenvalue weighted by Gasteiger charge is 2.29. The first kappa shape index (κ1) is 24.8. The lowest BCUT2D eigenvalue weighted by atomic mass is 10.0. The number of nitrogens with zero attached hydrogens (tertiary/aromatic N) is 1. The van der Waals surface area contributed by atoms with E-state index in [1.807, 2.05) is 13.0 Å². The molecule has 1 fully saturated rings. The molecule has 1 aromatic carbocycles. The lowest BCUT2D eigenvalue weighted by Gasteiger charge is -2.21. The normalized spacial score (nSPS) is 19.1. The van der Waals surface area contributed by atoms with Gasteiger partial charge in [-0.25, -0.2) is 0 Å². The third-order valence-corrected chi connectivity index (χ3v) is 4.68. The molecule has 0 radical (unpaired) electrons. The molecule has 0 aliphatic carbocycles. The van der Waals surface area contributed by atoms with Gasteiger partial charge in [0, 0.05) is 19.7 Å². The maximum atomic E-state index is 5.82. The molecule has 1 unspecified atom stereocenters. The molecule has 7 heteroatoms. The van der Waals surface area contributed by atoms with Crippen LogP contribution >= 0.6 is 24.0 Å². The number of aliphatic imine (C=N–C) groups is 1. The number of guanidine groups is 1. The molecule has 1 aromatic rings. The highest BCUT2D eigenvalue weighted by Crippen LogP contribution is 2.28. The van der Waals surface area contributed by atoms with E-state index in [4.69, 9.17) is 19.2 Å². The van der Waals surface area contributed by atoms with Gasteiger partial charge >= 0.3 is 0 Å². The molecule has 1 saturated heterocycles. The van der Waals surface area contributed by atoms with Crippen LogP contribution in [0.15, 0.2) is 23.2 Å². The number of benzene rings is 1. The molecule has 0 spiro atoms.